The van der Waals surface area contributed by atoms with E-state index in [0.717, 1.165) is 12.8 Å². The second kappa shape index (κ2) is 22.0. The van der Waals surface area contributed by atoms with E-state index >= 15 is 0 Å². The number of hydrogen-bond donors (Lipinski definition) is 1. The number of rotatable bonds is 16. The Bertz CT molecular complexity index is 313. The fourth-order valence-electron chi connectivity index (χ4n) is 2.64. The van der Waals surface area contributed by atoms with Crippen LogP contribution < -0.4 is 0 Å². The van der Waals surface area contributed by atoms with Gasteiger partial charge in [-0.1, -0.05) is 90.9 Å². The minimum Gasteiger partial charge on any atom is -0.481 e. The van der Waals surface area contributed by atoms with Gasteiger partial charge in [0.15, 0.2) is 0 Å². The molecular formula is C22H44O4. The number of carboxylic acid groups (broad SMARTS) is 1. The molecule has 0 spiro atoms. The zero-order chi connectivity index (χ0) is 20.0. The van der Waals surface area contributed by atoms with Gasteiger partial charge < -0.3 is 9.84 Å². The number of aliphatic carboxylic acids is 1. The Morgan fingerprint density at radius 3 is 1.38 bits per heavy atom. The first kappa shape index (κ1) is 27.2. The predicted octanol–water partition coefficient (Wildman–Crippen LogP) is 6.90. The van der Waals surface area contributed by atoms with Crippen molar-refractivity contribution in [3.05, 3.63) is 0 Å². The highest BCUT2D eigenvalue weighted by atomic mass is 16.5. The maximum atomic E-state index is 10.4. The van der Waals surface area contributed by atoms with Gasteiger partial charge in [0, 0.05) is 12.8 Å². The van der Waals surface area contributed by atoms with Crippen molar-refractivity contribution >= 4 is 11.9 Å². The summed E-state index contributed by atoms with van der Waals surface area (Å²) in [4.78, 5) is 20.7. The van der Waals surface area contributed by atoms with Crippen molar-refractivity contribution in [2.45, 2.75) is 130 Å². The molecule has 26 heavy (non-hydrogen) atoms. The first-order valence-corrected chi connectivity index (χ1v) is 10.8. The van der Waals surface area contributed by atoms with E-state index in [1.165, 1.54) is 70.6 Å². The maximum Gasteiger partial charge on any atom is 0.305 e. The predicted molar refractivity (Wildman–Crippen MR) is 109 cm³/mol. The number of unbranched alkanes of at least 4 members (excludes halogenated alkanes) is 12. The highest BCUT2D eigenvalue weighted by Crippen LogP contribution is 2.12. The summed E-state index contributed by atoms with van der Waals surface area (Å²) in [5, 5.41) is 8.49. The Labute approximate surface area is 162 Å². The van der Waals surface area contributed by atoms with Gasteiger partial charge in [0.1, 0.15) is 0 Å². The van der Waals surface area contributed by atoms with Crippen molar-refractivity contribution in [2.24, 2.45) is 0 Å². The zero-order valence-corrected chi connectivity index (χ0v) is 17.9. The number of esters is 1. The Hall–Kier alpha value is -1.06. The van der Waals surface area contributed by atoms with Crippen LogP contribution in [0, 0.1) is 0 Å². The summed E-state index contributed by atoms with van der Waals surface area (Å²) in [6.07, 6.45) is 17.8. The molecule has 0 atom stereocenters. The molecule has 0 aromatic heterocycles. The van der Waals surface area contributed by atoms with Gasteiger partial charge in [-0.05, 0) is 20.3 Å². The second-order valence-electron chi connectivity index (χ2n) is 7.28. The number of carbonyl (C=O) groups excluding carboxylic acids is 1. The minimum absolute atomic E-state index is 0.0300. The molecule has 0 rings (SSSR count). The van der Waals surface area contributed by atoms with Gasteiger partial charge in [-0.25, -0.2) is 0 Å². The standard InChI is InChI=1S/C16H32O2.C6H12O2/c1-2-3-4-5-6-7-8-9-10-11-12-13-14-15-16(17)18;1-4-6(7)8-5(2)3/h2-15H2,1H3,(H,17,18);5H,4H2,1-3H3. The van der Waals surface area contributed by atoms with Gasteiger partial charge in [0.05, 0.1) is 6.10 Å². The molecule has 0 aliphatic heterocycles. The minimum atomic E-state index is -0.655. The summed E-state index contributed by atoms with van der Waals surface area (Å²) in [5.41, 5.74) is 0. The summed E-state index contributed by atoms with van der Waals surface area (Å²) >= 11 is 0. The molecule has 1 N–H and O–H groups in total. The number of carbonyl (C=O) groups is 2. The molecule has 0 heterocycles. The third-order valence-electron chi connectivity index (χ3n) is 4.15. The molecule has 156 valence electrons. The van der Waals surface area contributed by atoms with E-state index in [9.17, 15) is 9.59 Å². The van der Waals surface area contributed by atoms with Crippen molar-refractivity contribution in [1.82, 2.24) is 0 Å². The highest BCUT2D eigenvalue weighted by Gasteiger charge is 1.99. The lowest BCUT2D eigenvalue weighted by Gasteiger charge is -2.04. The van der Waals surface area contributed by atoms with E-state index in [4.69, 9.17) is 9.84 Å². The van der Waals surface area contributed by atoms with E-state index in [0.29, 0.717) is 12.8 Å². The van der Waals surface area contributed by atoms with Crippen molar-refractivity contribution in [1.29, 1.82) is 0 Å². The molecule has 0 fully saturated rings. The lowest BCUT2D eigenvalue weighted by Crippen LogP contribution is -2.09. The quantitative estimate of drug-likeness (QED) is 0.236. The molecule has 0 saturated carbocycles. The van der Waals surface area contributed by atoms with Crippen LogP contribution in [-0.2, 0) is 14.3 Å². The van der Waals surface area contributed by atoms with E-state index in [2.05, 4.69) is 6.92 Å². The molecule has 0 aromatic rings. The number of hydrogen-bond acceptors (Lipinski definition) is 3. The van der Waals surface area contributed by atoms with E-state index in [1.807, 2.05) is 13.8 Å². The Morgan fingerprint density at radius 2 is 1.12 bits per heavy atom. The average Bonchev–Trinajstić information content (AvgIpc) is 2.58. The van der Waals surface area contributed by atoms with Gasteiger partial charge >= 0.3 is 11.9 Å². The number of ether oxygens (including phenoxy) is 1. The molecule has 0 unspecified atom stereocenters. The van der Waals surface area contributed by atoms with E-state index in [-0.39, 0.29) is 12.1 Å². The van der Waals surface area contributed by atoms with Gasteiger partial charge in [-0.2, -0.15) is 0 Å². The third-order valence-corrected chi connectivity index (χ3v) is 4.15. The summed E-state index contributed by atoms with van der Waals surface area (Å²) in [6, 6.07) is 0. The van der Waals surface area contributed by atoms with Crippen molar-refractivity contribution in [3.63, 3.8) is 0 Å². The Morgan fingerprint density at radius 1 is 0.731 bits per heavy atom. The first-order valence-electron chi connectivity index (χ1n) is 10.8. The smallest absolute Gasteiger partial charge is 0.305 e. The lowest BCUT2D eigenvalue weighted by molar-refractivity contribution is -0.147. The van der Waals surface area contributed by atoms with Gasteiger partial charge in [0.25, 0.3) is 0 Å². The molecule has 0 saturated heterocycles. The van der Waals surface area contributed by atoms with E-state index in [1.54, 1.807) is 6.92 Å². The first-order chi connectivity index (χ1) is 12.4. The van der Waals surface area contributed by atoms with Gasteiger partial charge in [-0.15, -0.1) is 0 Å². The van der Waals surface area contributed by atoms with Crippen LogP contribution in [0.25, 0.3) is 0 Å². The highest BCUT2D eigenvalue weighted by molar-refractivity contribution is 5.69. The SMILES string of the molecule is CCC(=O)OC(C)C.CCCCCCCCCCCCCCCC(=O)O. The molecule has 4 heteroatoms. The van der Waals surface area contributed by atoms with Crippen LogP contribution >= 0.6 is 0 Å². The molecule has 0 aromatic carbocycles. The largest absolute Gasteiger partial charge is 0.481 e. The Balaban J connectivity index is 0. The van der Waals surface area contributed by atoms with Crippen LogP contribution in [0.15, 0.2) is 0 Å². The summed E-state index contributed by atoms with van der Waals surface area (Å²) < 4.78 is 4.76. The zero-order valence-electron chi connectivity index (χ0n) is 17.9. The molecule has 0 radical (unpaired) electrons. The summed E-state index contributed by atoms with van der Waals surface area (Å²) in [6.45, 7) is 7.72. The van der Waals surface area contributed by atoms with Crippen LogP contribution in [0.2, 0.25) is 0 Å². The van der Waals surface area contributed by atoms with Crippen LogP contribution in [-0.4, -0.2) is 23.1 Å². The van der Waals surface area contributed by atoms with E-state index < -0.39 is 5.97 Å². The van der Waals surface area contributed by atoms with Crippen LogP contribution in [0.5, 0.6) is 0 Å². The fraction of sp³-hybridized carbons (Fsp3) is 0.909. The summed E-state index contributed by atoms with van der Waals surface area (Å²) in [7, 11) is 0. The average molecular weight is 373 g/mol. The van der Waals surface area contributed by atoms with Crippen LogP contribution in [0.4, 0.5) is 0 Å². The van der Waals surface area contributed by atoms with Crippen molar-refractivity contribution in [3.8, 4) is 0 Å². The molecule has 4 nitrogen and oxygen atoms in total. The monoisotopic (exact) mass is 372 g/mol. The molecule has 0 aliphatic rings. The third kappa shape index (κ3) is 27.8. The normalized spacial score (nSPS) is 10.3. The fourth-order valence-corrected chi connectivity index (χ4v) is 2.64. The van der Waals surface area contributed by atoms with Crippen LogP contribution in [0.3, 0.4) is 0 Å². The van der Waals surface area contributed by atoms with Crippen molar-refractivity contribution in [2.75, 3.05) is 0 Å². The lowest BCUT2D eigenvalue weighted by atomic mass is 10.0. The Kier molecular flexibility index (Phi) is 23.0. The van der Waals surface area contributed by atoms with Gasteiger partial charge in [-0.3, -0.25) is 9.59 Å². The molecule has 0 amide bonds. The second-order valence-corrected chi connectivity index (χ2v) is 7.28. The molecule has 0 bridgehead atoms. The maximum absolute atomic E-state index is 10.4. The molecule has 0 aliphatic carbocycles. The van der Waals surface area contributed by atoms with Crippen LogP contribution in [0.1, 0.15) is 124 Å². The number of carboxylic acids is 1. The van der Waals surface area contributed by atoms with Gasteiger partial charge in [0.2, 0.25) is 0 Å². The topological polar surface area (TPSA) is 63.6 Å². The summed E-state index contributed by atoms with van der Waals surface area (Å²) in [5.74, 6) is -0.780. The van der Waals surface area contributed by atoms with Crippen molar-refractivity contribution < 1.29 is 19.4 Å². The molecular weight excluding hydrogens is 328 g/mol.